The second-order valence-corrected chi connectivity index (χ2v) is 4.27. The van der Waals surface area contributed by atoms with Crippen LogP contribution in [-0.2, 0) is 11.2 Å². The number of benzene rings is 1. The van der Waals surface area contributed by atoms with E-state index in [9.17, 15) is 8.78 Å². The van der Waals surface area contributed by atoms with Gasteiger partial charge < -0.3 is 10.1 Å². The van der Waals surface area contributed by atoms with E-state index in [0.717, 1.165) is 12.8 Å². The molecule has 1 aromatic carbocycles. The Balaban J connectivity index is 2.12. The molecular weight excluding hydrogens is 224 g/mol. The van der Waals surface area contributed by atoms with E-state index in [1.165, 1.54) is 11.1 Å². The number of ether oxygens (including phenoxy) is 1. The van der Waals surface area contributed by atoms with Gasteiger partial charge in [-0.3, -0.25) is 0 Å². The normalized spacial score (nSPS) is 23.8. The average molecular weight is 241 g/mol. The van der Waals surface area contributed by atoms with Crippen molar-refractivity contribution in [2.24, 2.45) is 0 Å². The average Bonchev–Trinajstić information content (AvgIpc) is 2.35. The Bertz CT molecular complexity index is 370. The fourth-order valence-corrected chi connectivity index (χ4v) is 2.45. The summed E-state index contributed by atoms with van der Waals surface area (Å²) in [6, 6.07) is 8.11. The minimum absolute atomic E-state index is 0.0127. The van der Waals surface area contributed by atoms with Crippen LogP contribution < -0.4 is 5.32 Å². The van der Waals surface area contributed by atoms with Crippen molar-refractivity contribution in [1.82, 2.24) is 5.32 Å². The predicted octanol–water partition coefficient (Wildman–Crippen LogP) is 2.54. The van der Waals surface area contributed by atoms with E-state index in [0.29, 0.717) is 0 Å². The molecule has 4 heteroatoms. The molecule has 0 bridgehead atoms. The highest BCUT2D eigenvalue weighted by molar-refractivity contribution is 5.33. The number of rotatable bonds is 4. The molecule has 0 aromatic heterocycles. The van der Waals surface area contributed by atoms with E-state index in [-0.39, 0.29) is 12.1 Å². The quantitative estimate of drug-likeness (QED) is 0.874. The maximum Gasteiger partial charge on any atom is 0.261 e. The fraction of sp³-hybridized carbons (Fsp3) is 0.538. The van der Waals surface area contributed by atoms with Gasteiger partial charge in [0.15, 0.2) is 0 Å². The highest BCUT2D eigenvalue weighted by Gasteiger charge is 2.29. The van der Waals surface area contributed by atoms with Gasteiger partial charge in [0.1, 0.15) is 6.61 Å². The fourth-order valence-electron chi connectivity index (χ4n) is 2.45. The zero-order chi connectivity index (χ0) is 12.3. The van der Waals surface area contributed by atoms with Crippen LogP contribution in [0.2, 0.25) is 0 Å². The molecule has 0 spiro atoms. The molecule has 2 nitrogen and oxygen atoms in total. The molecule has 2 unspecified atom stereocenters. The van der Waals surface area contributed by atoms with E-state index in [1.807, 2.05) is 25.2 Å². The maximum atomic E-state index is 12.2. The van der Waals surface area contributed by atoms with E-state index in [1.54, 1.807) is 0 Å². The largest absolute Gasteiger partial charge is 0.370 e. The second-order valence-electron chi connectivity index (χ2n) is 4.27. The molecule has 0 amide bonds. The number of hydrogen-bond donors (Lipinski definition) is 1. The van der Waals surface area contributed by atoms with Gasteiger partial charge in [0.05, 0.1) is 12.1 Å². The van der Waals surface area contributed by atoms with Crippen LogP contribution in [0.3, 0.4) is 0 Å². The zero-order valence-electron chi connectivity index (χ0n) is 9.83. The molecule has 0 fully saturated rings. The first-order valence-electron chi connectivity index (χ1n) is 5.87. The number of fused-ring (bicyclic) bond motifs is 1. The molecule has 1 N–H and O–H groups in total. The highest BCUT2D eigenvalue weighted by Crippen LogP contribution is 2.31. The first kappa shape index (κ1) is 12.5. The van der Waals surface area contributed by atoms with Crippen LogP contribution in [0.15, 0.2) is 24.3 Å². The van der Waals surface area contributed by atoms with Gasteiger partial charge in [0.2, 0.25) is 0 Å². The molecule has 0 radical (unpaired) electrons. The number of halogens is 2. The molecule has 0 saturated carbocycles. The lowest BCUT2D eigenvalue weighted by Crippen LogP contribution is -2.36. The molecular formula is C13H17F2NO. The van der Waals surface area contributed by atoms with E-state index < -0.39 is 13.0 Å². The van der Waals surface area contributed by atoms with E-state index in [2.05, 4.69) is 11.4 Å². The Morgan fingerprint density at radius 2 is 2.18 bits per heavy atom. The van der Waals surface area contributed by atoms with Gasteiger partial charge in [-0.15, -0.1) is 0 Å². The van der Waals surface area contributed by atoms with Crippen molar-refractivity contribution in [2.75, 3.05) is 13.7 Å². The molecule has 1 aromatic rings. The number of hydrogen-bond acceptors (Lipinski definition) is 2. The van der Waals surface area contributed by atoms with Crippen LogP contribution in [-0.4, -0.2) is 26.2 Å². The van der Waals surface area contributed by atoms with Crippen molar-refractivity contribution in [3.8, 4) is 0 Å². The molecule has 1 aliphatic rings. The first-order chi connectivity index (χ1) is 8.22. The lowest BCUT2D eigenvalue weighted by Gasteiger charge is -2.33. The van der Waals surface area contributed by atoms with Gasteiger partial charge in [-0.2, -0.15) is 0 Å². The Morgan fingerprint density at radius 1 is 1.41 bits per heavy atom. The molecule has 0 heterocycles. The molecule has 0 saturated heterocycles. The van der Waals surface area contributed by atoms with Crippen LogP contribution in [0.25, 0.3) is 0 Å². The smallest absolute Gasteiger partial charge is 0.261 e. The summed E-state index contributed by atoms with van der Waals surface area (Å²) in [5.74, 6) is 0. The number of aryl methyl sites for hydroxylation is 1. The van der Waals surface area contributed by atoms with E-state index >= 15 is 0 Å². The van der Waals surface area contributed by atoms with Crippen molar-refractivity contribution in [3.63, 3.8) is 0 Å². The van der Waals surface area contributed by atoms with Gasteiger partial charge in [-0.1, -0.05) is 24.3 Å². The standard InChI is InChI=1S/C13H17F2NO/c1-16-13-10-5-3-2-4-9(10)6-7-11(13)17-8-12(14)15/h2-5,11-13,16H,6-8H2,1H3. The minimum Gasteiger partial charge on any atom is -0.370 e. The molecule has 2 rings (SSSR count). The van der Waals surface area contributed by atoms with Crippen LogP contribution in [0.5, 0.6) is 0 Å². The SMILES string of the molecule is CNC1c2ccccc2CCC1OCC(F)F. The van der Waals surface area contributed by atoms with Crippen molar-refractivity contribution in [2.45, 2.75) is 31.4 Å². The van der Waals surface area contributed by atoms with Crippen molar-refractivity contribution >= 4 is 0 Å². The van der Waals surface area contributed by atoms with Crippen LogP contribution >= 0.6 is 0 Å². The maximum absolute atomic E-state index is 12.2. The first-order valence-corrected chi connectivity index (χ1v) is 5.87. The minimum atomic E-state index is -2.40. The second kappa shape index (κ2) is 5.56. The highest BCUT2D eigenvalue weighted by atomic mass is 19.3. The van der Waals surface area contributed by atoms with Crippen LogP contribution in [0.1, 0.15) is 23.6 Å². The lowest BCUT2D eigenvalue weighted by molar-refractivity contribution is -0.0431. The summed E-state index contributed by atoms with van der Waals surface area (Å²) in [5.41, 5.74) is 2.45. The number of nitrogens with one attached hydrogen (secondary N) is 1. The van der Waals surface area contributed by atoms with Crippen molar-refractivity contribution < 1.29 is 13.5 Å². The Labute approximate surface area is 100.0 Å². The molecule has 1 aliphatic carbocycles. The topological polar surface area (TPSA) is 21.3 Å². The summed E-state index contributed by atoms with van der Waals surface area (Å²) >= 11 is 0. The van der Waals surface area contributed by atoms with Crippen molar-refractivity contribution in [3.05, 3.63) is 35.4 Å². The summed E-state index contributed by atoms with van der Waals surface area (Å²) in [4.78, 5) is 0. The zero-order valence-corrected chi connectivity index (χ0v) is 9.83. The summed E-state index contributed by atoms with van der Waals surface area (Å²) in [7, 11) is 1.84. The Kier molecular flexibility index (Phi) is 4.07. The lowest BCUT2D eigenvalue weighted by atomic mass is 9.85. The molecule has 17 heavy (non-hydrogen) atoms. The third-order valence-corrected chi connectivity index (χ3v) is 3.21. The molecule has 94 valence electrons. The summed E-state index contributed by atoms with van der Waals surface area (Å²) in [6.07, 6.45) is -0.883. The van der Waals surface area contributed by atoms with Gasteiger partial charge in [-0.05, 0) is 31.0 Å². The predicted molar refractivity (Wildman–Crippen MR) is 62.3 cm³/mol. The Hall–Kier alpha value is -1.00. The summed E-state index contributed by atoms with van der Waals surface area (Å²) in [6.45, 7) is -0.481. The van der Waals surface area contributed by atoms with Gasteiger partial charge in [-0.25, -0.2) is 8.78 Å². The number of likely N-dealkylation sites (N-methyl/N-ethyl adjacent to an activating group) is 1. The summed E-state index contributed by atoms with van der Waals surface area (Å²) < 4.78 is 29.6. The van der Waals surface area contributed by atoms with Gasteiger partial charge in [0, 0.05) is 0 Å². The molecule has 2 atom stereocenters. The number of alkyl halides is 2. The van der Waals surface area contributed by atoms with Crippen molar-refractivity contribution in [1.29, 1.82) is 0 Å². The molecule has 0 aliphatic heterocycles. The third-order valence-electron chi connectivity index (χ3n) is 3.21. The monoisotopic (exact) mass is 241 g/mol. The van der Waals surface area contributed by atoms with Gasteiger partial charge >= 0.3 is 0 Å². The van der Waals surface area contributed by atoms with Crippen LogP contribution in [0, 0.1) is 0 Å². The third kappa shape index (κ3) is 2.82. The summed E-state index contributed by atoms with van der Waals surface area (Å²) in [5, 5.41) is 3.16. The Morgan fingerprint density at radius 3 is 2.88 bits per heavy atom. The van der Waals surface area contributed by atoms with E-state index in [4.69, 9.17) is 4.74 Å². The van der Waals surface area contributed by atoms with Crippen LogP contribution in [0.4, 0.5) is 8.78 Å². The van der Waals surface area contributed by atoms with Gasteiger partial charge in [0.25, 0.3) is 6.43 Å².